The lowest BCUT2D eigenvalue weighted by molar-refractivity contribution is -0.725. The average molecular weight is 266 g/mol. The molecule has 19 heavy (non-hydrogen) atoms. The summed E-state index contributed by atoms with van der Waals surface area (Å²) in [4.78, 5) is 9.87. The molecule has 0 amide bonds. The van der Waals surface area contributed by atoms with E-state index in [1.807, 2.05) is 0 Å². The Labute approximate surface area is 116 Å². The number of rotatable bonds is 2. The third kappa shape index (κ3) is 5.35. The molecule has 0 unspecified atom stereocenters. The zero-order chi connectivity index (χ0) is 13.5. The van der Waals surface area contributed by atoms with Crippen LogP contribution in [0, 0.1) is 0 Å². The van der Waals surface area contributed by atoms with Gasteiger partial charge in [0.2, 0.25) is 0 Å². The van der Waals surface area contributed by atoms with Crippen LogP contribution in [0.4, 0.5) is 0 Å². The van der Waals surface area contributed by atoms with E-state index in [1.54, 1.807) is 0 Å². The van der Waals surface area contributed by atoms with E-state index in [-0.39, 0.29) is 18.0 Å². The molecule has 3 heteroatoms. The lowest BCUT2D eigenvalue weighted by atomic mass is 9.91. The first-order chi connectivity index (χ1) is 9.24. The van der Waals surface area contributed by atoms with E-state index in [4.69, 9.17) is 5.11 Å². The highest BCUT2D eigenvalue weighted by molar-refractivity contribution is 5.97. The molecule has 0 aromatic rings. The summed E-state index contributed by atoms with van der Waals surface area (Å²) >= 11 is 0. The van der Waals surface area contributed by atoms with Crippen molar-refractivity contribution in [2.24, 2.45) is 0 Å². The number of quaternary nitrogens is 1. The fraction of sp³-hybridized carbons (Fsp3) is 0.812. The fourth-order valence-corrected chi connectivity index (χ4v) is 3.37. The molecule has 0 bridgehead atoms. The van der Waals surface area contributed by atoms with E-state index in [0.29, 0.717) is 0 Å². The number of carbonyl (C=O) groups is 1. The molecule has 0 aromatic heterocycles. The molecule has 3 aliphatic rings. The lowest BCUT2D eigenvalue weighted by Gasteiger charge is -2.27. The van der Waals surface area contributed by atoms with Crippen LogP contribution in [0.15, 0.2) is 11.8 Å². The largest absolute Gasteiger partial charge is 0.512 e. The van der Waals surface area contributed by atoms with Crippen molar-refractivity contribution >= 4 is 5.78 Å². The van der Waals surface area contributed by atoms with Crippen molar-refractivity contribution < 1.29 is 15.2 Å². The molecule has 3 rings (SSSR count). The average Bonchev–Trinajstić information content (AvgIpc) is 2.41. The molecule has 0 heterocycles. The highest BCUT2D eigenvalue weighted by atomic mass is 16.3. The molecule has 3 N–H and O–H groups in total. The van der Waals surface area contributed by atoms with Crippen LogP contribution < -0.4 is 5.32 Å². The Bertz CT molecular complexity index is 297. The van der Waals surface area contributed by atoms with Crippen LogP contribution in [0.25, 0.3) is 0 Å². The Kier molecular flexibility index (Phi) is 5.90. The van der Waals surface area contributed by atoms with Crippen LogP contribution >= 0.6 is 0 Å². The maximum absolute atomic E-state index is 9.87. The number of aliphatic hydroxyl groups excluding tert-OH is 1. The maximum Gasteiger partial charge on any atom is 0.166 e. The molecular formula is C16H28NO2+. The van der Waals surface area contributed by atoms with E-state index < -0.39 is 0 Å². The Morgan fingerprint density at radius 3 is 1.58 bits per heavy atom. The van der Waals surface area contributed by atoms with Gasteiger partial charge in [0.1, 0.15) is 5.76 Å². The van der Waals surface area contributed by atoms with Crippen LogP contribution in [0.5, 0.6) is 0 Å². The molecule has 3 aliphatic carbocycles. The molecule has 3 nitrogen and oxygen atoms in total. The SMILES string of the molecule is C1CCC([NH2+]C2CCCCC2)CC1.O=C1C=C(O)C1. The van der Waals surface area contributed by atoms with Gasteiger partial charge in [-0.15, -0.1) is 0 Å². The van der Waals surface area contributed by atoms with Gasteiger partial charge in [-0.1, -0.05) is 12.8 Å². The van der Waals surface area contributed by atoms with E-state index in [1.165, 1.54) is 70.3 Å². The first kappa shape index (κ1) is 14.6. The number of carbonyl (C=O) groups excluding carboxylic acids is 1. The summed E-state index contributed by atoms with van der Waals surface area (Å²) in [6, 6.07) is 1.99. The van der Waals surface area contributed by atoms with E-state index in [9.17, 15) is 4.79 Å². The van der Waals surface area contributed by atoms with Crippen LogP contribution in [0.3, 0.4) is 0 Å². The topological polar surface area (TPSA) is 53.9 Å². The quantitative estimate of drug-likeness (QED) is 0.807. The minimum atomic E-state index is 0.0208. The molecule has 0 atom stereocenters. The van der Waals surface area contributed by atoms with Gasteiger partial charge in [-0.25, -0.2) is 0 Å². The van der Waals surface area contributed by atoms with Crippen LogP contribution in [-0.2, 0) is 4.79 Å². The Morgan fingerprint density at radius 2 is 1.32 bits per heavy atom. The Balaban J connectivity index is 0.000000186. The number of nitrogens with two attached hydrogens (primary N) is 1. The van der Waals surface area contributed by atoms with Crippen LogP contribution in [0.2, 0.25) is 0 Å². The zero-order valence-corrected chi connectivity index (χ0v) is 11.9. The third-order valence-electron chi connectivity index (χ3n) is 4.53. The van der Waals surface area contributed by atoms with Gasteiger partial charge in [-0.3, -0.25) is 4.79 Å². The normalized spacial score (nSPS) is 25.1. The minimum absolute atomic E-state index is 0.0208. The summed E-state index contributed by atoms with van der Waals surface area (Å²) in [5.41, 5.74) is 0. The number of hydrogen-bond acceptors (Lipinski definition) is 2. The van der Waals surface area contributed by atoms with Gasteiger partial charge in [0.05, 0.1) is 18.5 Å². The molecule has 0 aromatic carbocycles. The molecule has 0 spiro atoms. The van der Waals surface area contributed by atoms with Gasteiger partial charge in [0, 0.05) is 6.08 Å². The fourth-order valence-electron chi connectivity index (χ4n) is 3.37. The van der Waals surface area contributed by atoms with Gasteiger partial charge in [-0.2, -0.15) is 0 Å². The van der Waals surface area contributed by atoms with E-state index >= 15 is 0 Å². The summed E-state index contributed by atoms with van der Waals surface area (Å²) in [5, 5.41) is 11.0. The third-order valence-corrected chi connectivity index (χ3v) is 4.53. The predicted molar refractivity (Wildman–Crippen MR) is 76.0 cm³/mol. The van der Waals surface area contributed by atoms with E-state index in [2.05, 4.69) is 5.32 Å². The van der Waals surface area contributed by atoms with Crippen molar-refractivity contribution in [2.45, 2.75) is 82.7 Å². The van der Waals surface area contributed by atoms with Crippen LogP contribution in [-0.4, -0.2) is 23.0 Å². The van der Waals surface area contributed by atoms with Gasteiger partial charge >= 0.3 is 0 Å². The van der Waals surface area contributed by atoms with Crippen molar-refractivity contribution in [1.29, 1.82) is 0 Å². The summed E-state index contributed by atoms with van der Waals surface area (Å²) in [5.74, 6) is 0.229. The summed E-state index contributed by atoms with van der Waals surface area (Å²) in [6.07, 6.45) is 16.4. The lowest BCUT2D eigenvalue weighted by Crippen LogP contribution is -2.95. The second-order valence-electron chi connectivity index (χ2n) is 6.27. The zero-order valence-electron chi connectivity index (χ0n) is 11.9. The molecule has 2 fully saturated rings. The monoisotopic (exact) mass is 266 g/mol. The summed E-state index contributed by atoms with van der Waals surface area (Å²) in [6.45, 7) is 0. The second-order valence-corrected chi connectivity index (χ2v) is 6.27. The summed E-state index contributed by atoms with van der Waals surface area (Å²) in [7, 11) is 0. The minimum Gasteiger partial charge on any atom is -0.512 e. The van der Waals surface area contributed by atoms with Crippen LogP contribution in [0.1, 0.15) is 70.6 Å². The smallest absolute Gasteiger partial charge is 0.166 e. The Morgan fingerprint density at radius 1 is 0.895 bits per heavy atom. The number of ketones is 1. The van der Waals surface area contributed by atoms with Gasteiger partial charge in [0.15, 0.2) is 5.78 Å². The Hall–Kier alpha value is -0.830. The van der Waals surface area contributed by atoms with E-state index in [0.717, 1.165) is 12.1 Å². The highest BCUT2D eigenvalue weighted by Crippen LogP contribution is 2.18. The molecule has 2 saturated carbocycles. The summed E-state index contributed by atoms with van der Waals surface area (Å²) < 4.78 is 0. The van der Waals surface area contributed by atoms with Gasteiger partial charge in [0.25, 0.3) is 0 Å². The van der Waals surface area contributed by atoms with Crippen molar-refractivity contribution in [3.63, 3.8) is 0 Å². The van der Waals surface area contributed by atoms with Gasteiger partial charge in [-0.05, 0) is 51.4 Å². The van der Waals surface area contributed by atoms with Crippen molar-refractivity contribution in [1.82, 2.24) is 0 Å². The number of hydrogen-bond donors (Lipinski definition) is 2. The maximum atomic E-state index is 9.87. The van der Waals surface area contributed by atoms with Gasteiger partial charge < -0.3 is 10.4 Å². The van der Waals surface area contributed by atoms with Crippen molar-refractivity contribution in [3.05, 3.63) is 11.8 Å². The van der Waals surface area contributed by atoms with Crippen molar-refractivity contribution in [3.8, 4) is 0 Å². The molecule has 0 saturated heterocycles. The second kappa shape index (κ2) is 7.68. The number of allylic oxidation sites excluding steroid dienone is 2. The molecule has 0 aliphatic heterocycles. The molecule has 108 valence electrons. The standard InChI is InChI=1S/C12H23N.C4H4O2/c1-3-7-11(8-4-1)13-12-9-5-2-6-10-12;5-3-1-4(6)2-3/h11-13H,1-10H2;1,5H,2H2/p+1. The first-order valence-corrected chi connectivity index (χ1v) is 8.01. The molecular weight excluding hydrogens is 238 g/mol. The number of aliphatic hydroxyl groups is 1. The highest BCUT2D eigenvalue weighted by Gasteiger charge is 2.22. The predicted octanol–water partition coefficient (Wildman–Crippen LogP) is 2.62. The first-order valence-electron chi connectivity index (χ1n) is 8.01. The van der Waals surface area contributed by atoms with Crippen molar-refractivity contribution in [2.75, 3.05) is 0 Å². The molecule has 0 radical (unpaired) electrons.